The van der Waals surface area contributed by atoms with Gasteiger partial charge in [0.15, 0.2) is 0 Å². The van der Waals surface area contributed by atoms with Crippen LogP contribution in [0.1, 0.15) is 70.5 Å². The van der Waals surface area contributed by atoms with Crippen molar-refractivity contribution >= 4 is 34.7 Å². The summed E-state index contributed by atoms with van der Waals surface area (Å²) in [4.78, 5) is 46.0. The smallest absolute Gasteiger partial charge is 0.264 e. The third-order valence-electron chi connectivity index (χ3n) is 7.22. The molecule has 2 fully saturated rings. The molecule has 0 unspecified atom stereocenters. The zero-order chi connectivity index (χ0) is 22.8. The van der Waals surface area contributed by atoms with Crippen molar-refractivity contribution in [3.63, 3.8) is 0 Å². The maximum absolute atomic E-state index is 13.3. The second-order valence-corrected chi connectivity index (χ2v) is 10.4. The van der Waals surface area contributed by atoms with Crippen molar-refractivity contribution in [2.45, 2.75) is 51.5 Å². The lowest BCUT2D eigenvalue weighted by atomic mass is 9.93. The molecule has 0 bridgehead atoms. The van der Waals surface area contributed by atoms with Crippen LogP contribution in [0.5, 0.6) is 0 Å². The van der Waals surface area contributed by atoms with Gasteiger partial charge < -0.3 is 9.80 Å². The van der Waals surface area contributed by atoms with Crippen molar-refractivity contribution in [1.82, 2.24) is 9.80 Å². The highest BCUT2D eigenvalue weighted by Crippen LogP contribution is 2.35. The summed E-state index contributed by atoms with van der Waals surface area (Å²) in [6.45, 7) is 3.56. The number of rotatable bonds is 4. The van der Waals surface area contributed by atoms with Gasteiger partial charge in [-0.3, -0.25) is 19.3 Å². The van der Waals surface area contributed by atoms with Crippen LogP contribution in [0.2, 0.25) is 0 Å². The van der Waals surface area contributed by atoms with Crippen LogP contribution in [-0.2, 0) is 11.3 Å². The van der Waals surface area contributed by atoms with Crippen molar-refractivity contribution in [3.05, 3.63) is 51.7 Å². The lowest BCUT2D eigenvalue weighted by molar-refractivity contribution is -0.136. The molecule has 6 nitrogen and oxygen atoms in total. The Bertz CT molecular complexity index is 1020. The van der Waals surface area contributed by atoms with Crippen LogP contribution in [0.3, 0.4) is 0 Å². The summed E-state index contributed by atoms with van der Waals surface area (Å²) in [7, 11) is 0. The van der Waals surface area contributed by atoms with Crippen molar-refractivity contribution < 1.29 is 14.4 Å². The molecule has 0 aliphatic carbocycles. The zero-order valence-corrected chi connectivity index (χ0v) is 19.8. The largest absolute Gasteiger partial charge is 0.371 e. The fourth-order valence-electron chi connectivity index (χ4n) is 5.37. The average Bonchev–Trinajstić information content (AvgIpc) is 3.42. The molecule has 0 spiro atoms. The Morgan fingerprint density at radius 1 is 0.879 bits per heavy atom. The molecule has 0 N–H and O–H groups in total. The van der Waals surface area contributed by atoms with Gasteiger partial charge in [-0.15, -0.1) is 11.3 Å². The van der Waals surface area contributed by atoms with Gasteiger partial charge >= 0.3 is 0 Å². The van der Waals surface area contributed by atoms with Crippen molar-refractivity contribution in [2.75, 3.05) is 31.1 Å². The Morgan fingerprint density at radius 3 is 2.30 bits per heavy atom. The number of thiophene rings is 1. The Hall–Kier alpha value is -2.67. The van der Waals surface area contributed by atoms with Crippen molar-refractivity contribution in [2.24, 2.45) is 5.92 Å². The van der Waals surface area contributed by atoms with E-state index in [9.17, 15) is 14.4 Å². The molecule has 5 rings (SSSR count). The highest BCUT2D eigenvalue weighted by molar-refractivity contribution is 7.09. The first-order chi connectivity index (χ1) is 16.1. The Balaban J connectivity index is 1.27. The molecule has 1 aromatic heterocycles. The Morgan fingerprint density at radius 2 is 1.61 bits per heavy atom. The molecule has 0 radical (unpaired) electrons. The predicted octanol–water partition coefficient (Wildman–Crippen LogP) is 4.55. The van der Waals surface area contributed by atoms with E-state index in [2.05, 4.69) is 9.80 Å². The van der Waals surface area contributed by atoms with Crippen LogP contribution in [-0.4, -0.2) is 53.7 Å². The van der Waals surface area contributed by atoms with Gasteiger partial charge in [0.2, 0.25) is 5.91 Å². The molecule has 33 heavy (non-hydrogen) atoms. The molecule has 0 saturated carbocycles. The van der Waals surface area contributed by atoms with E-state index < -0.39 is 0 Å². The number of carbonyl (C=O) groups is 3. The minimum atomic E-state index is -0.215. The Kier molecular flexibility index (Phi) is 6.49. The summed E-state index contributed by atoms with van der Waals surface area (Å²) >= 11 is 1.55. The number of nitrogens with zero attached hydrogens (tertiary/aromatic N) is 3. The molecule has 2 saturated heterocycles. The van der Waals surface area contributed by atoms with Crippen molar-refractivity contribution in [1.29, 1.82) is 0 Å². The van der Waals surface area contributed by atoms with Gasteiger partial charge in [-0.25, -0.2) is 0 Å². The zero-order valence-electron chi connectivity index (χ0n) is 19.0. The number of hydrogen-bond acceptors (Lipinski definition) is 5. The first-order valence-electron chi connectivity index (χ1n) is 12.2. The molecule has 2 aromatic rings. The minimum absolute atomic E-state index is 0.0603. The standard InChI is InChI=1S/C26H31N3O3S/c30-24(28-13-4-2-1-3-5-14-28)19-11-15-27(16-12-19)22-10-6-9-21-23(22)26(32)29(25(21)31)18-20-8-7-17-33-20/h6-10,17,19H,1-5,11-16,18H2. The molecule has 3 aliphatic rings. The van der Waals surface area contributed by atoms with E-state index in [1.54, 1.807) is 17.4 Å². The number of likely N-dealkylation sites (tertiary alicyclic amines) is 1. The van der Waals surface area contributed by atoms with E-state index in [-0.39, 0.29) is 17.7 Å². The number of hydrogen-bond donors (Lipinski definition) is 0. The summed E-state index contributed by atoms with van der Waals surface area (Å²) in [6.07, 6.45) is 7.53. The molecule has 0 atom stereocenters. The van der Waals surface area contributed by atoms with Gasteiger partial charge in [0.25, 0.3) is 11.8 Å². The van der Waals surface area contributed by atoms with Crippen LogP contribution >= 0.6 is 11.3 Å². The fourth-order valence-corrected chi connectivity index (χ4v) is 6.07. The normalized spacial score (nSPS) is 20.1. The molecular weight excluding hydrogens is 434 g/mol. The topological polar surface area (TPSA) is 60.9 Å². The summed E-state index contributed by atoms with van der Waals surface area (Å²) in [5, 5.41) is 1.96. The SMILES string of the molecule is O=C(C1CCN(c2cccc3c2C(=O)N(Cc2cccs2)C3=O)CC1)N1CCCCCCC1. The first-order valence-corrected chi connectivity index (χ1v) is 13.1. The summed E-state index contributed by atoms with van der Waals surface area (Å²) in [5.41, 5.74) is 1.84. The molecule has 4 heterocycles. The van der Waals surface area contributed by atoms with E-state index in [4.69, 9.17) is 0 Å². The summed E-state index contributed by atoms with van der Waals surface area (Å²) in [5.74, 6) is -0.0569. The lowest BCUT2D eigenvalue weighted by Gasteiger charge is -2.36. The predicted molar refractivity (Wildman–Crippen MR) is 130 cm³/mol. The van der Waals surface area contributed by atoms with E-state index in [0.29, 0.717) is 23.6 Å². The van der Waals surface area contributed by atoms with Crippen LogP contribution < -0.4 is 4.90 Å². The number of imide groups is 1. The maximum atomic E-state index is 13.3. The lowest BCUT2D eigenvalue weighted by Crippen LogP contribution is -2.44. The second kappa shape index (κ2) is 9.67. The van der Waals surface area contributed by atoms with Crippen LogP contribution in [0.25, 0.3) is 0 Å². The second-order valence-electron chi connectivity index (χ2n) is 9.33. The monoisotopic (exact) mass is 465 g/mol. The van der Waals surface area contributed by atoms with E-state index in [1.165, 1.54) is 24.2 Å². The van der Waals surface area contributed by atoms with Crippen LogP contribution in [0, 0.1) is 5.92 Å². The number of amides is 3. The number of piperidine rings is 1. The highest BCUT2D eigenvalue weighted by Gasteiger charge is 2.39. The van der Waals surface area contributed by atoms with Gasteiger partial charge in [0.1, 0.15) is 0 Å². The van der Waals surface area contributed by atoms with Gasteiger partial charge in [-0.1, -0.05) is 31.4 Å². The molecular formula is C26H31N3O3S. The molecule has 3 aliphatic heterocycles. The third kappa shape index (κ3) is 4.43. The van der Waals surface area contributed by atoms with Crippen molar-refractivity contribution in [3.8, 4) is 0 Å². The maximum Gasteiger partial charge on any atom is 0.264 e. The minimum Gasteiger partial charge on any atom is -0.371 e. The van der Waals surface area contributed by atoms with Gasteiger partial charge in [0.05, 0.1) is 23.4 Å². The number of anilines is 1. The number of benzene rings is 1. The van der Waals surface area contributed by atoms with Gasteiger partial charge in [0, 0.05) is 37.0 Å². The third-order valence-corrected chi connectivity index (χ3v) is 8.08. The molecule has 1 aromatic carbocycles. The first kappa shape index (κ1) is 22.1. The Labute approximate surface area is 199 Å². The molecule has 3 amide bonds. The van der Waals surface area contributed by atoms with Gasteiger partial charge in [-0.05, 0) is 49.3 Å². The average molecular weight is 466 g/mol. The quantitative estimate of drug-likeness (QED) is 0.622. The number of carbonyl (C=O) groups excluding carboxylic acids is 3. The van der Waals surface area contributed by atoms with Crippen LogP contribution in [0.15, 0.2) is 35.7 Å². The van der Waals surface area contributed by atoms with E-state index in [1.807, 2.05) is 29.6 Å². The highest BCUT2D eigenvalue weighted by atomic mass is 32.1. The summed E-state index contributed by atoms with van der Waals surface area (Å²) < 4.78 is 0. The van der Waals surface area contributed by atoms with Crippen LogP contribution in [0.4, 0.5) is 5.69 Å². The van der Waals surface area contributed by atoms with E-state index >= 15 is 0 Å². The summed E-state index contributed by atoms with van der Waals surface area (Å²) in [6, 6.07) is 9.45. The van der Waals surface area contributed by atoms with E-state index in [0.717, 1.165) is 62.4 Å². The number of fused-ring (bicyclic) bond motifs is 1. The van der Waals surface area contributed by atoms with Gasteiger partial charge in [-0.2, -0.15) is 0 Å². The fraction of sp³-hybridized carbons (Fsp3) is 0.500. The molecule has 7 heteroatoms. The molecule has 174 valence electrons.